The highest BCUT2D eigenvalue weighted by atomic mass is 35.5. The van der Waals surface area contributed by atoms with Gasteiger partial charge in [0.1, 0.15) is 0 Å². The van der Waals surface area contributed by atoms with Crippen molar-refractivity contribution in [3.05, 3.63) is 69.3 Å². The van der Waals surface area contributed by atoms with Crippen molar-refractivity contribution >= 4 is 44.3 Å². The van der Waals surface area contributed by atoms with Crippen LogP contribution in [0, 0.1) is 0 Å². The summed E-state index contributed by atoms with van der Waals surface area (Å²) in [5.41, 5.74) is 3.77. The zero-order valence-electron chi connectivity index (χ0n) is 13.8. The summed E-state index contributed by atoms with van der Waals surface area (Å²) in [5.74, 6) is 0. The Morgan fingerprint density at radius 1 is 1.15 bits per heavy atom. The van der Waals surface area contributed by atoms with Gasteiger partial charge in [0.25, 0.3) is 10.2 Å². The number of aromatic amines is 1. The Balaban J connectivity index is 1.54. The second-order valence-corrected chi connectivity index (χ2v) is 8.87. The molecule has 5 nitrogen and oxygen atoms in total. The standard InChI is InChI=1S/C18H17Cl2N3O2S/c19-13-5-6-17-15(9-13)14-7-8-23(11-18(14)22-17)26(24,25)21-10-12-3-1-2-4-16(12)20/h1-6,9,21-22H,7-8,10-11H2. The van der Waals surface area contributed by atoms with E-state index in [9.17, 15) is 8.42 Å². The van der Waals surface area contributed by atoms with Crippen molar-refractivity contribution in [2.75, 3.05) is 6.54 Å². The predicted octanol–water partition coefficient (Wildman–Crippen LogP) is 3.87. The molecular weight excluding hydrogens is 393 g/mol. The van der Waals surface area contributed by atoms with E-state index >= 15 is 0 Å². The molecule has 0 bridgehead atoms. The molecule has 8 heteroatoms. The zero-order valence-corrected chi connectivity index (χ0v) is 16.1. The third-order valence-corrected chi connectivity index (χ3v) is 6.75. The highest BCUT2D eigenvalue weighted by molar-refractivity contribution is 7.87. The van der Waals surface area contributed by atoms with E-state index in [1.165, 1.54) is 4.31 Å². The summed E-state index contributed by atoms with van der Waals surface area (Å²) in [7, 11) is -3.61. The van der Waals surface area contributed by atoms with Crippen molar-refractivity contribution in [2.45, 2.75) is 19.5 Å². The Bertz CT molecular complexity index is 1080. The van der Waals surface area contributed by atoms with Crippen LogP contribution in [0.1, 0.15) is 16.8 Å². The van der Waals surface area contributed by atoms with Gasteiger partial charge in [-0.2, -0.15) is 17.4 Å². The van der Waals surface area contributed by atoms with Crippen LogP contribution in [0.5, 0.6) is 0 Å². The summed E-state index contributed by atoms with van der Waals surface area (Å²) in [5, 5.41) is 2.29. The minimum absolute atomic E-state index is 0.160. The molecular formula is C18H17Cl2N3O2S. The molecule has 1 aliphatic heterocycles. The Morgan fingerprint density at radius 2 is 1.96 bits per heavy atom. The molecule has 0 amide bonds. The largest absolute Gasteiger partial charge is 0.357 e. The monoisotopic (exact) mass is 409 g/mol. The first-order valence-electron chi connectivity index (χ1n) is 8.21. The van der Waals surface area contributed by atoms with Crippen LogP contribution < -0.4 is 4.72 Å². The van der Waals surface area contributed by atoms with Crippen molar-refractivity contribution in [3.63, 3.8) is 0 Å². The lowest BCUT2D eigenvalue weighted by Crippen LogP contribution is -2.43. The van der Waals surface area contributed by atoms with Gasteiger partial charge in [-0.25, -0.2) is 0 Å². The number of rotatable bonds is 4. The maximum absolute atomic E-state index is 12.7. The summed E-state index contributed by atoms with van der Waals surface area (Å²) in [4.78, 5) is 3.31. The lowest BCUT2D eigenvalue weighted by Gasteiger charge is -2.26. The Hall–Kier alpha value is -1.57. The van der Waals surface area contributed by atoms with Crippen LogP contribution in [-0.2, 0) is 29.7 Å². The normalized spacial score (nSPS) is 15.3. The van der Waals surface area contributed by atoms with Gasteiger partial charge in [-0.3, -0.25) is 0 Å². The maximum Gasteiger partial charge on any atom is 0.280 e. The fraction of sp³-hybridized carbons (Fsp3) is 0.222. The molecule has 1 aliphatic rings. The fourth-order valence-corrected chi connectivity index (χ4v) is 4.82. The first-order chi connectivity index (χ1) is 12.4. The van der Waals surface area contributed by atoms with Crippen LogP contribution in [0.4, 0.5) is 0 Å². The van der Waals surface area contributed by atoms with E-state index in [1.54, 1.807) is 12.1 Å². The van der Waals surface area contributed by atoms with Gasteiger partial charge in [0.2, 0.25) is 0 Å². The highest BCUT2D eigenvalue weighted by Crippen LogP contribution is 2.30. The van der Waals surface area contributed by atoms with Crippen molar-refractivity contribution in [2.24, 2.45) is 0 Å². The lowest BCUT2D eigenvalue weighted by atomic mass is 10.0. The van der Waals surface area contributed by atoms with Gasteiger partial charge in [0.15, 0.2) is 0 Å². The van der Waals surface area contributed by atoms with Gasteiger partial charge in [-0.15, -0.1) is 0 Å². The van der Waals surface area contributed by atoms with Crippen LogP contribution in [-0.4, -0.2) is 24.3 Å². The molecule has 26 heavy (non-hydrogen) atoms. The smallest absolute Gasteiger partial charge is 0.280 e. The van der Waals surface area contributed by atoms with Crippen LogP contribution in [0.3, 0.4) is 0 Å². The molecule has 2 heterocycles. The van der Waals surface area contributed by atoms with E-state index in [1.807, 2.05) is 30.3 Å². The van der Waals surface area contributed by atoms with E-state index in [2.05, 4.69) is 9.71 Å². The Kier molecular flexibility index (Phi) is 4.71. The second-order valence-electron chi connectivity index (χ2n) is 6.27. The predicted molar refractivity (Wildman–Crippen MR) is 105 cm³/mol. The Morgan fingerprint density at radius 3 is 2.77 bits per heavy atom. The number of nitrogens with one attached hydrogen (secondary N) is 2. The van der Waals surface area contributed by atoms with Gasteiger partial charge in [0, 0.05) is 39.7 Å². The number of H-pyrrole nitrogens is 1. The number of nitrogens with zero attached hydrogens (tertiary/aromatic N) is 1. The first-order valence-corrected chi connectivity index (χ1v) is 10.4. The van der Waals surface area contributed by atoms with E-state index in [0.717, 1.165) is 27.7 Å². The number of benzene rings is 2. The topological polar surface area (TPSA) is 65.2 Å². The molecule has 3 aromatic rings. The minimum Gasteiger partial charge on any atom is -0.357 e. The maximum atomic E-state index is 12.7. The summed E-state index contributed by atoms with van der Waals surface area (Å²) in [6.07, 6.45) is 0.642. The molecule has 2 N–H and O–H groups in total. The van der Waals surface area contributed by atoms with Crippen LogP contribution in [0.2, 0.25) is 10.0 Å². The number of aromatic nitrogens is 1. The molecule has 0 radical (unpaired) electrons. The van der Waals surface area contributed by atoms with Crippen molar-refractivity contribution < 1.29 is 8.42 Å². The zero-order chi connectivity index (χ0) is 18.3. The summed E-state index contributed by atoms with van der Waals surface area (Å²) < 4.78 is 29.5. The molecule has 2 aromatic carbocycles. The SMILES string of the molecule is O=S(=O)(NCc1ccccc1Cl)N1CCc2c([nH]c3ccc(Cl)cc23)C1. The first kappa shape index (κ1) is 17.8. The van der Waals surface area contributed by atoms with Gasteiger partial charge < -0.3 is 4.98 Å². The molecule has 4 rings (SSSR count). The number of hydrogen-bond acceptors (Lipinski definition) is 2. The van der Waals surface area contributed by atoms with Crippen LogP contribution in [0.15, 0.2) is 42.5 Å². The van der Waals surface area contributed by atoms with E-state index in [4.69, 9.17) is 23.2 Å². The fourth-order valence-electron chi connectivity index (χ4n) is 3.30. The van der Waals surface area contributed by atoms with E-state index in [-0.39, 0.29) is 6.54 Å². The molecule has 0 spiro atoms. The molecule has 0 atom stereocenters. The highest BCUT2D eigenvalue weighted by Gasteiger charge is 2.28. The van der Waals surface area contributed by atoms with Gasteiger partial charge >= 0.3 is 0 Å². The molecule has 0 fully saturated rings. The third kappa shape index (κ3) is 3.35. The average Bonchev–Trinajstić information content (AvgIpc) is 2.98. The summed E-state index contributed by atoms with van der Waals surface area (Å²) in [6, 6.07) is 12.9. The molecule has 1 aromatic heterocycles. The van der Waals surface area contributed by atoms with Crippen molar-refractivity contribution in [1.29, 1.82) is 0 Å². The van der Waals surface area contributed by atoms with Gasteiger partial charge in [0.05, 0.1) is 6.54 Å². The summed E-state index contributed by atoms with van der Waals surface area (Å²) in [6.45, 7) is 0.886. The van der Waals surface area contributed by atoms with Crippen molar-refractivity contribution in [1.82, 2.24) is 14.0 Å². The number of halogens is 2. The molecule has 136 valence electrons. The van der Waals surface area contributed by atoms with Gasteiger partial charge in [-0.1, -0.05) is 41.4 Å². The molecule has 0 saturated carbocycles. The van der Waals surface area contributed by atoms with Crippen molar-refractivity contribution in [3.8, 4) is 0 Å². The lowest BCUT2D eigenvalue weighted by molar-refractivity contribution is 0.381. The number of fused-ring (bicyclic) bond motifs is 3. The number of hydrogen-bond donors (Lipinski definition) is 2. The third-order valence-electron chi connectivity index (χ3n) is 4.65. The Labute approximate surface area is 162 Å². The molecule has 0 aliphatic carbocycles. The quantitative estimate of drug-likeness (QED) is 0.686. The second kappa shape index (κ2) is 6.87. The summed E-state index contributed by atoms with van der Waals surface area (Å²) >= 11 is 12.2. The van der Waals surface area contributed by atoms with Crippen LogP contribution in [0.25, 0.3) is 10.9 Å². The molecule has 0 unspecified atom stereocenters. The average molecular weight is 410 g/mol. The van der Waals surface area contributed by atoms with E-state index < -0.39 is 10.2 Å². The van der Waals surface area contributed by atoms with E-state index in [0.29, 0.717) is 29.6 Å². The van der Waals surface area contributed by atoms with Crippen LogP contribution >= 0.6 is 23.2 Å². The minimum atomic E-state index is -3.61. The molecule has 0 saturated heterocycles. The van der Waals surface area contributed by atoms with Gasteiger partial charge in [-0.05, 0) is 41.8 Å².